The van der Waals surface area contributed by atoms with Gasteiger partial charge >= 0.3 is 0 Å². The Morgan fingerprint density at radius 2 is 1.97 bits per heavy atom. The summed E-state index contributed by atoms with van der Waals surface area (Å²) >= 11 is 1.66. The fourth-order valence-corrected chi connectivity index (χ4v) is 5.31. The van der Waals surface area contributed by atoms with Crippen LogP contribution in [0.2, 0.25) is 0 Å². The molecular formula is C22H27FN3O2S+. The van der Waals surface area contributed by atoms with Crippen LogP contribution in [0.5, 0.6) is 0 Å². The van der Waals surface area contributed by atoms with Gasteiger partial charge in [-0.1, -0.05) is 6.92 Å². The average molecular weight is 417 g/mol. The number of rotatable bonds is 4. The van der Waals surface area contributed by atoms with Crippen molar-refractivity contribution in [3.8, 4) is 0 Å². The van der Waals surface area contributed by atoms with Crippen molar-refractivity contribution >= 4 is 28.8 Å². The molecule has 0 unspecified atom stereocenters. The smallest absolute Gasteiger partial charge is 0.279 e. The molecule has 154 valence electrons. The first kappa shape index (κ1) is 20.0. The largest absolute Gasteiger partial charge is 0.327 e. The minimum Gasteiger partial charge on any atom is -0.327 e. The number of carbonyl (C=O) groups is 2. The van der Waals surface area contributed by atoms with Crippen LogP contribution in [0.1, 0.15) is 33.5 Å². The predicted octanol–water partition coefficient (Wildman–Crippen LogP) is 1.99. The molecule has 7 heteroatoms. The fraction of sp³-hybridized carbons (Fsp3) is 0.455. The van der Waals surface area contributed by atoms with E-state index in [1.54, 1.807) is 23.5 Å². The zero-order valence-electron chi connectivity index (χ0n) is 16.7. The molecule has 2 heterocycles. The van der Waals surface area contributed by atoms with Crippen LogP contribution in [0, 0.1) is 11.7 Å². The highest BCUT2D eigenvalue weighted by molar-refractivity contribution is 7.14. The molecular weight excluding hydrogens is 389 g/mol. The van der Waals surface area contributed by atoms with Gasteiger partial charge in [0.15, 0.2) is 6.54 Å². The Hall–Kier alpha value is -2.25. The van der Waals surface area contributed by atoms with Gasteiger partial charge in [0.25, 0.3) is 11.8 Å². The third-order valence-corrected chi connectivity index (χ3v) is 7.06. The SMILES string of the molecule is C[C@@H]1CCc2sc(C(=O)N3CC[NH+](CC(=O)Nc4ccc(F)cc4)CC3)cc2C1. The van der Waals surface area contributed by atoms with E-state index in [4.69, 9.17) is 0 Å². The standard InChI is InChI=1S/C22H26FN3O2S/c1-15-2-7-19-16(12-15)13-20(29-19)22(28)26-10-8-25(9-11-26)14-21(27)24-18-5-3-17(23)4-6-18/h3-6,13,15H,2,7-12,14H2,1H3,(H,24,27)/p+1/t15-/m1/s1. The van der Waals surface area contributed by atoms with E-state index in [9.17, 15) is 14.0 Å². The summed E-state index contributed by atoms with van der Waals surface area (Å²) in [5.74, 6) is 0.419. The number of aryl methyl sites for hydroxylation is 1. The molecule has 2 aromatic rings. The van der Waals surface area contributed by atoms with E-state index in [1.165, 1.54) is 29.0 Å². The molecule has 2 aliphatic rings. The summed E-state index contributed by atoms with van der Waals surface area (Å²) in [6.07, 6.45) is 3.39. The molecule has 1 aromatic heterocycles. The number of thiophene rings is 1. The lowest BCUT2D eigenvalue weighted by atomic mass is 9.90. The Labute approximate surface area is 174 Å². The molecule has 29 heavy (non-hydrogen) atoms. The van der Waals surface area contributed by atoms with Crippen molar-refractivity contribution in [3.63, 3.8) is 0 Å². The van der Waals surface area contributed by atoms with Crippen LogP contribution in [-0.2, 0) is 17.6 Å². The minimum atomic E-state index is -0.324. The number of anilines is 1. The van der Waals surface area contributed by atoms with E-state index in [2.05, 4.69) is 18.3 Å². The number of amides is 2. The molecule has 5 nitrogen and oxygen atoms in total. The van der Waals surface area contributed by atoms with Gasteiger partial charge in [-0.3, -0.25) is 9.59 Å². The Balaban J connectivity index is 1.27. The number of halogens is 1. The van der Waals surface area contributed by atoms with E-state index < -0.39 is 0 Å². The first-order valence-corrected chi connectivity index (χ1v) is 11.1. The van der Waals surface area contributed by atoms with Crippen molar-refractivity contribution < 1.29 is 18.9 Å². The zero-order chi connectivity index (χ0) is 20.4. The van der Waals surface area contributed by atoms with Crippen LogP contribution in [-0.4, -0.2) is 49.4 Å². The van der Waals surface area contributed by atoms with Crippen LogP contribution in [0.4, 0.5) is 10.1 Å². The molecule has 1 aliphatic carbocycles. The number of nitrogens with one attached hydrogen (secondary N) is 2. The highest BCUT2D eigenvalue weighted by Gasteiger charge is 2.28. The lowest BCUT2D eigenvalue weighted by Gasteiger charge is -2.31. The summed E-state index contributed by atoms with van der Waals surface area (Å²) in [5.41, 5.74) is 1.96. The van der Waals surface area contributed by atoms with E-state index in [1.807, 2.05) is 4.90 Å². The molecule has 4 rings (SSSR count). The van der Waals surface area contributed by atoms with Crippen molar-refractivity contribution in [1.82, 2.24) is 4.90 Å². The van der Waals surface area contributed by atoms with Gasteiger partial charge in [0.05, 0.1) is 31.1 Å². The maximum absolute atomic E-state index is 13.0. The maximum atomic E-state index is 13.0. The molecule has 1 saturated heterocycles. The molecule has 0 spiro atoms. The number of fused-ring (bicyclic) bond motifs is 1. The Morgan fingerprint density at radius 1 is 1.24 bits per heavy atom. The fourth-order valence-electron chi connectivity index (χ4n) is 4.14. The summed E-state index contributed by atoms with van der Waals surface area (Å²) in [6.45, 7) is 5.46. The number of piperazine rings is 1. The Bertz CT molecular complexity index is 888. The summed E-state index contributed by atoms with van der Waals surface area (Å²) in [4.78, 5) is 30.5. The first-order valence-electron chi connectivity index (χ1n) is 10.3. The summed E-state index contributed by atoms with van der Waals surface area (Å²) in [7, 11) is 0. The number of nitrogens with zero attached hydrogens (tertiary/aromatic N) is 1. The molecule has 1 aliphatic heterocycles. The molecule has 2 N–H and O–H groups in total. The van der Waals surface area contributed by atoms with E-state index in [-0.39, 0.29) is 17.6 Å². The quantitative estimate of drug-likeness (QED) is 0.801. The molecule has 2 amide bonds. The maximum Gasteiger partial charge on any atom is 0.279 e. The second kappa shape index (κ2) is 8.63. The highest BCUT2D eigenvalue weighted by atomic mass is 32.1. The third kappa shape index (κ3) is 4.85. The Kier molecular flexibility index (Phi) is 5.96. The normalized spacial score (nSPS) is 19.7. The van der Waals surface area contributed by atoms with E-state index >= 15 is 0 Å². The van der Waals surface area contributed by atoms with Gasteiger partial charge in [-0.15, -0.1) is 11.3 Å². The predicted molar refractivity (Wildman–Crippen MR) is 112 cm³/mol. The van der Waals surface area contributed by atoms with Gasteiger partial charge in [0.1, 0.15) is 5.82 Å². The number of benzene rings is 1. The monoisotopic (exact) mass is 416 g/mol. The van der Waals surface area contributed by atoms with Crippen molar-refractivity contribution in [2.24, 2.45) is 5.92 Å². The topological polar surface area (TPSA) is 53.9 Å². The number of quaternary nitrogens is 1. The molecule has 1 atom stereocenters. The first-order chi connectivity index (χ1) is 14.0. The molecule has 1 aromatic carbocycles. The van der Waals surface area contributed by atoms with Crippen LogP contribution in [0.3, 0.4) is 0 Å². The molecule has 0 saturated carbocycles. The molecule has 0 bridgehead atoms. The van der Waals surface area contributed by atoms with Gasteiger partial charge in [0, 0.05) is 10.6 Å². The number of carbonyl (C=O) groups excluding carboxylic acids is 2. The minimum absolute atomic E-state index is 0.0913. The van der Waals surface area contributed by atoms with Crippen LogP contribution >= 0.6 is 11.3 Å². The van der Waals surface area contributed by atoms with Gasteiger partial charge in [-0.25, -0.2) is 4.39 Å². The second-order valence-corrected chi connectivity index (χ2v) is 9.32. The summed E-state index contributed by atoms with van der Waals surface area (Å²) in [6, 6.07) is 7.88. The molecule has 0 radical (unpaired) electrons. The number of hydrogen-bond acceptors (Lipinski definition) is 3. The van der Waals surface area contributed by atoms with Gasteiger partial charge < -0.3 is 15.1 Å². The number of hydrogen-bond donors (Lipinski definition) is 2. The van der Waals surface area contributed by atoms with Gasteiger partial charge in [0.2, 0.25) is 0 Å². The lowest BCUT2D eigenvalue weighted by molar-refractivity contribution is -0.895. The van der Waals surface area contributed by atoms with Crippen LogP contribution in [0.25, 0.3) is 0 Å². The van der Waals surface area contributed by atoms with E-state index in [0.717, 1.165) is 35.7 Å². The third-order valence-electron chi connectivity index (χ3n) is 5.84. The highest BCUT2D eigenvalue weighted by Crippen LogP contribution is 2.32. The van der Waals surface area contributed by atoms with Crippen molar-refractivity contribution in [2.75, 3.05) is 38.0 Å². The Morgan fingerprint density at radius 3 is 2.69 bits per heavy atom. The second-order valence-electron chi connectivity index (χ2n) is 8.18. The van der Waals surface area contributed by atoms with Crippen molar-refractivity contribution in [2.45, 2.75) is 26.2 Å². The van der Waals surface area contributed by atoms with E-state index in [0.29, 0.717) is 31.2 Å². The summed E-state index contributed by atoms with van der Waals surface area (Å²) in [5, 5.41) is 2.80. The average Bonchev–Trinajstić information content (AvgIpc) is 3.13. The van der Waals surface area contributed by atoms with Gasteiger partial charge in [-0.2, -0.15) is 0 Å². The van der Waals surface area contributed by atoms with Gasteiger partial charge in [-0.05, 0) is 61.1 Å². The van der Waals surface area contributed by atoms with Crippen LogP contribution < -0.4 is 10.2 Å². The zero-order valence-corrected chi connectivity index (χ0v) is 17.5. The van der Waals surface area contributed by atoms with Crippen LogP contribution in [0.15, 0.2) is 30.3 Å². The summed E-state index contributed by atoms with van der Waals surface area (Å²) < 4.78 is 13.0. The van der Waals surface area contributed by atoms with Crippen molar-refractivity contribution in [1.29, 1.82) is 0 Å². The lowest BCUT2D eigenvalue weighted by Crippen LogP contribution is -3.15. The molecule has 1 fully saturated rings. The van der Waals surface area contributed by atoms with Crippen molar-refractivity contribution in [3.05, 3.63) is 51.5 Å².